The summed E-state index contributed by atoms with van der Waals surface area (Å²) in [5.41, 5.74) is -1.17. The largest absolute Gasteiger partial charge is 0.481 e. The maximum atomic E-state index is 11.1. The minimum atomic E-state index is -1.17. The molecule has 1 atom stereocenters. The third kappa shape index (κ3) is 3.17. The van der Waals surface area contributed by atoms with Crippen LogP contribution < -0.4 is 0 Å². The summed E-state index contributed by atoms with van der Waals surface area (Å²) in [6.07, 6.45) is 3.27. The van der Waals surface area contributed by atoms with E-state index in [4.69, 9.17) is 5.11 Å². The molecule has 0 saturated carbocycles. The summed E-state index contributed by atoms with van der Waals surface area (Å²) in [5, 5.41) is 8.88. The lowest BCUT2D eigenvalue weighted by atomic mass is 9.81. The fourth-order valence-electron chi connectivity index (χ4n) is 1.16. The third-order valence-corrected chi connectivity index (χ3v) is 2.53. The molecule has 0 radical (unpaired) electrons. The Balaban J connectivity index is 4.26. The second-order valence-corrected chi connectivity index (χ2v) is 3.65. The van der Waals surface area contributed by atoms with Crippen LogP contribution in [0.5, 0.6) is 0 Å². The van der Waals surface area contributed by atoms with Crippen LogP contribution in [0.4, 0.5) is 0 Å². The van der Waals surface area contributed by atoms with E-state index in [1.807, 2.05) is 6.92 Å². The number of carbonyl (C=O) groups excluding carboxylic acids is 1. The smallest absolute Gasteiger partial charge is 0.316 e. The highest BCUT2D eigenvalue weighted by atomic mass is 16.4. The van der Waals surface area contributed by atoms with Crippen molar-refractivity contribution in [1.82, 2.24) is 0 Å². The maximum absolute atomic E-state index is 11.1. The van der Waals surface area contributed by atoms with E-state index in [9.17, 15) is 9.59 Å². The quantitative estimate of drug-likeness (QED) is 0.511. The first-order chi connectivity index (χ1) is 5.95. The summed E-state index contributed by atoms with van der Waals surface area (Å²) in [6, 6.07) is 0. The van der Waals surface area contributed by atoms with E-state index in [1.54, 1.807) is 0 Å². The minimum absolute atomic E-state index is 0.254. The monoisotopic (exact) mass is 186 g/mol. The Bertz CT molecular complexity index is 182. The number of unbranched alkanes of at least 4 members (excludes halogenated alkanes) is 2. The van der Waals surface area contributed by atoms with Gasteiger partial charge in [-0.05, 0) is 20.3 Å². The van der Waals surface area contributed by atoms with Gasteiger partial charge >= 0.3 is 5.97 Å². The molecular weight excluding hydrogens is 168 g/mol. The molecule has 0 saturated heterocycles. The van der Waals surface area contributed by atoms with Crippen LogP contribution in [0.15, 0.2) is 0 Å². The Morgan fingerprint density at radius 2 is 1.85 bits per heavy atom. The van der Waals surface area contributed by atoms with Crippen molar-refractivity contribution in [2.75, 3.05) is 0 Å². The van der Waals surface area contributed by atoms with Gasteiger partial charge < -0.3 is 5.11 Å². The standard InChI is InChI=1S/C10H18O3/c1-4-5-6-7-10(3,8(2)11)9(12)13/h4-7H2,1-3H3,(H,12,13). The first-order valence-electron chi connectivity index (χ1n) is 4.69. The summed E-state index contributed by atoms with van der Waals surface area (Å²) >= 11 is 0. The molecular formula is C10H18O3. The molecule has 0 amide bonds. The zero-order valence-corrected chi connectivity index (χ0v) is 8.59. The molecule has 0 bridgehead atoms. The molecule has 0 aliphatic carbocycles. The van der Waals surface area contributed by atoms with Crippen LogP contribution in [0.1, 0.15) is 46.5 Å². The van der Waals surface area contributed by atoms with E-state index in [2.05, 4.69) is 0 Å². The predicted octanol–water partition coefficient (Wildman–Crippen LogP) is 2.25. The van der Waals surface area contributed by atoms with Crippen molar-refractivity contribution in [3.05, 3.63) is 0 Å². The normalized spacial score (nSPS) is 15.0. The number of hydrogen-bond donors (Lipinski definition) is 1. The molecule has 0 aromatic heterocycles. The van der Waals surface area contributed by atoms with Crippen LogP contribution >= 0.6 is 0 Å². The first kappa shape index (κ1) is 12.1. The van der Waals surface area contributed by atoms with Crippen LogP contribution in [0.2, 0.25) is 0 Å². The minimum Gasteiger partial charge on any atom is -0.481 e. The summed E-state index contributed by atoms with van der Waals surface area (Å²) in [6.45, 7) is 4.90. The number of Topliss-reactive ketones (excluding diaryl/α,β-unsaturated/α-hetero) is 1. The lowest BCUT2D eigenvalue weighted by molar-refractivity contribution is -0.153. The molecule has 1 N–H and O–H groups in total. The van der Waals surface area contributed by atoms with Crippen molar-refractivity contribution in [3.8, 4) is 0 Å². The van der Waals surface area contributed by atoms with Crippen molar-refractivity contribution < 1.29 is 14.7 Å². The molecule has 3 nitrogen and oxygen atoms in total. The molecule has 0 fully saturated rings. The van der Waals surface area contributed by atoms with E-state index < -0.39 is 11.4 Å². The van der Waals surface area contributed by atoms with E-state index in [1.165, 1.54) is 13.8 Å². The zero-order valence-electron chi connectivity index (χ0n) is 8.59. The average molecular weight is 186 g/mol. The van der Waals surface area contributed by atoms with Crippen molar-refractivity contribution in [2.24, 2.45) is 5.41 Å². The van der Waals surface area contributed by atoms with Crippen LogP contribution in [0.25, 0.3) is 0 Å². The van der Waals surface area contributed by atoms with Gasteiger partial charge in [0.05, 0.1) is 0 Å². The van der Waals surface area contributed by atoms with Gasteiger partial charge in [0, 0.05) is 0 Å². The van der Waals surface area contributed by atoms with E-state index in [0.29, 0.717) is 6.42 Å². The highest BCUT2D eigenvalue weighted by Crippen LogP contribution is 2.25. The molecule has 76 valence electrons. The molecule has 0 aliphatic heterocycles. The van der Waals surface area contributed by atoms with Crippen molar-refractivity contribution in [2.45, 2.75) is 46.5 Å². The molecule has 0 spiro atoms. The number of aliphatic carboxylic acids is 1. The summed E-state index contributed by atoms with van der Waals surface area (Å²) in [5.74, 6) is -1.26. The Morgan fingerprint density at radius 1 is 1.31 bits per heavy atom. The highest BCUT2D eigenvalue weighted by molar-refractivity contribution is 6.01. The first-order valence-corrected chi connectivity index (χ1v) is 4.69. The van der Waals surface area contributed by atoms with Crippen LogP contribution in [0.3, 0.4) is 0 Å². The fourth-order valence-corrected chi connectivity index (χ4v) is 1.16. The molecule has 0 aromatic carbocycles. The van der Waals surface area contributed by atoms with E-state index in [0.717, 1.165) is 19.3 Å². The highest BCUT2D eigenvalue weighted by Gasteiger charge is 2.37. The molecule has 13 heavy (non-hydrogen) atoms. The van der Waals surface area contributed by atoms with Crippen LogP contribution in [-0.4, -0.2) is 16.9 Å². The Labute approximate surface area is 79.1 Å². The SMILES string of the molecule is CCCCCC(C)(C(C)=O)C(=O)O. The Morgan fingerprint density at radius 3 is 2.15 bits per heavy atom. The summed E-state index contributed by atoms with van der Waals surface area (Å²) in [7, 11) is 0. The van der Waals surface area contributed by atoms with Crippen LogP contribution in [-0.2, 0) is 9.59 Å². The lowest BCUT2D eigenvalue weighted by Gasteiger charge is -2.20. The average Bonchev–Trinajstić information content (AvgIpc) is 2.03. The van der Waals surface area contributed by atoms with Gasteiger partial charge in [0.15, 0.2) is 0 Å². The fraction of sp³-hybridized carbons (Fsp3) is 0.800. The van der Waals surface area contributed by atoms with Gasteiger partial charge in [-0.3, -0.25) is 9.59 Å². The van der Waals surface area contributed by atoms with Gasteiger partial charge in [-0.1, -0.05) is 26.2 Å². The van der Waals surface area contributed by atoms with Crippen molar-refractivity contribution in [1.29, 1.82) is 0 Å². The summed E-state index contributed by atoms with van der Waals surface area (Å²) < 4.78 is 0. The van der Waals surface area contributed by atoms with Gasteiger partial charge in [-0.25, -0.2) is 0 Å². The number of carboxylic acid groups (broad SMARTS) is 1. The predicted molar refractivity (Wildman–Crippen MR) is 50.6 cm³/mol. The Kier molecular flexibility index (Phi) is 4.67. The topological polar surface area (TPSA) is 54.4 Å². The van der Waals surface area contributed by atoms with E-state index >= 15 is 0 Å². The molecule has 0 heterocycles. The number of carboxylic acids is 1. The third-order valence-electron chi connectivity index (χ3n) is 2.53. The van der Waals surface area contributed by atoms with Gasteiger partial charge in [0.2, 0.25) is 0 Å². The Hall–Kier alpha value is -0.860. The van der Waals surface area contributed by atoms with Crippen LogP contribution in [0, 0.1) is 5.41 Å². The molecule has 1 unspecified atom stereocenters. The lowest BCUT2D eigenvalue weighted by Crippen LogP contribution is -2.34. The maximum Gasteiger partial charge on any atom is 0.316 e. The van der Waals surface area contributed by atoms with Gasteiger partial charge in [0.25, 0.3) is 0 Å². The van der Waals surface area contributed by atoms with E-state index in [-0.39, 0.29) is 5.78 Å². The van der Waals surface area contributed by atoms with Gasteiger partial charge in [0.1, 0.15) is 11.2 Å². The van der Waals surface area contributed by atoms with Crippen molar-refractivity contribution >= 4 is 11.8 Å². The number of rotatable bonds is 6. The van der Waals surface area contributed by atoms with Crippen molar-refractivity contribution in [3.63, 3.8) is 0 Å². The molecule has 0 aliphatic rings. The molecule has 0 rings (SSSR count). The summed E-state index contributed by atoms with van der Waals surface area (Å²) in [4.78, 5) is 22.0. The number of ketones is 1. The number of hydrogen-bond acceptors (Lipinski definition) is 2. The molecule has 0 aromatic rings. The van der Waals surface area contributed by atoms with Gasteiger partial charge in [-0.15, -0.1) is 0 Å². The number of carbonyl (C=O) groups is 2. The molecule has 3 heteroatoms. The second-order valence-electron chi connectivity index (χ2n) is 3.65. The van der Waals surface area contributed by atoms with Gasteiger partial charge in [-0.2, -0.15) is 0 Å². The zero-order chi connectivity index (χ0) is 10.5. The second kappa shape index (κ2) is 5.00.